The van der Waals surface area contributed by atoms with Gasteiger partial charge >= 0.3 is 5.97 Å². The third-order valence-corrected chi connectivity index (χ3v) is 4.80. The summed E-state index contributed by atoms with van der Waals surface area (Å²) in [6.07, 6.45) is -0.0552. The molecule has 0 aliphatic carbocycles. The smallest absolute Gasteiger partial charge is 0.305 e. The largest absolute Gasteiger partial charge is 0.481 e. The van der Waals surface area contributed by atoms with Gasteiger partial charge in [0, 0.05) is 18.5 Å². The fourth-order valence-corrected chi connectivity index (χ4v) is 3.60. The van der Waals surface area contributed by atoms with Crippen molar-refractivity contribution in [3.05, 3.63) is 28.6 Å². The van der Waals surface area contributed by atoms with Crippen LogP contribution in [0.3, 0.4) is 0 Å². The second-order valence-electron chi connectivity index (χ2n) is 5.30. The van der Waals surface area contributed by atoms with Crippen molar-refractivity contribution in [2.24, 2.45) is 5.92 Å². The molecule has 0 bridgehead atoms. The van der Waals surface area contributed by atoms with Crippen LogP contribution < -0.4 is 0 Å². The second kappa shape index (κ2) is 7.51. The van der Waals surface area contributed by atoms with E-state index in [0.29, 0.717) is 12.2 Å². The number of rotatable bonds is 7. The average molecular weight is 338 g/mol. The highest BCUT2D eigenvalue weighted by molar-refractivity contribution is 7.20. The van der Waals surface area contributed by atoms with Crippen LogP contribution in [-0.2, 0) is 4.79 Å². The number of carbonyl (C=O) groups excluding carboxylic acids is 1. The summed E-state index contributed by atoms with van der Waals surface area (Å²) in [7, 11) is 0. The van der Waals surface area contributed by atoms with Crippen LogP contribution in [0, 0.1) is 5.92 Å². The number of aromatic nitrogens is 1. The number of thiophene rings is 1. The van der Waals surface area contributed by atoms with E-state index in [9.17, 15) is 9.59 Å². The molecule has 0 saturated carbocycles. The van der Waals surface area contributed by atoms with Crippen molar-refractivity contribution >= 4 is 34.6 Å². The Labute approximate surface area is 137 Å². The van der Waals surface area contributed by atoms with Gasteiger partial charge < -0.3 is 10.0 Å². The van der Waals surface area contributed by atoms with E-state index in [1.54, 1.807) is 21.6 Å². The van der Waals surface area contributed by atoms with Gasteiger partial charge in [0.2, 0.25) is 0 Å². The summed E-state index contributed by atoms with van der Waals surface area (Å²) < 4.78 is 0. The molecule has 7 heteroatoms. The Bertz CT molecular complexity index is 635. The molecule has 118 valence electrons. The van der Waals surface area contributed by atoms with Crippen LogP contribution in [0.1, 0.15) is 30.8 Å². The molecule has 0 aliphatic rings. The van der Waals surface area contributed by atoms with Crippen LogP contribution in [-0.4, -0.2) is 40.0 Å². The zero-order chi connectivity index (χ0) is 16.1. The SMILES string of the molecule is CC(C)CN(CCC(=O)O)C(=O)c1csc(-c2cccs2)n1. The lowest BCUT2D eigenvalue weighted by Crippen LogP contribution is -2.36. The third kappa shape index (κ3) is 4.38. The first-order valence-corrected chi connectivity index (χ1v) is 8.73. The Balaban J connectivity index is 2.13. The Hall–Kier alpha value is -1.73. The van der Waals surface area contributed by atoms with Crippen molar-refractivity contribution in [3.8, 4) is 9.88 Å². The number of nitrogens with zero attached hydrogens (tertiary/aromatic N) is 2. The van der Waals surface area contributed by atoms with Crippen molar-refractivity contribution in [2.45, 2.75) is 20.3 Å². The van der Waals surface area contributed by atoms with Crippen LogP contribution in [0.15, 0.2) is 22.9 Å². The molecule has 1 amide bonds. The van der Waals surface area contributed by atoms with Gasteiger partial charge in [-0.15, -0.1) is 22.7 Å². The van der Waals surface area contributed by atoms with Gasteiger partial charge in [0.25, 0.3) is 5.91 Å². The maximum atomic E-state index is 12.6. The van der Waals surface area contributed by atoms with E-state index in [-0.39, 0.29) is 24.8 Å². The molecule has 5 nitrogen and oxygen atoms in total. The Morgan fingerprint density at radius 1 is 1.36 bits per heavy atom. The fourth-order valence-electron chi connectivity index (χ4n) is 1.99. The molecule has 22 heavy (non-hydrogen) atoms. The molecule has 0 spiro atoms. The number of carboxylic acids is 1. The molecule has 0 radical (unpaired) electrons. The maximum absolute atomic E-state index is 12.6. The summed E-state index contributed by atoms with van der Waals surface area (Å²) >= 11 is 3.01. The van der Waals surface area contributed by atoms with E-state index < -0.39 is 5.97 Å². The summed E-state index contributed by atoms with van der Waals surface area (Å²) in [6, 6.07) is 3.91. The first-order valence-electron chi connectivity index (χ1n) is 6.98. The number of aliphatic carboxylic acids is 1. The molecule has 0 aliphatic heterocycles. The van der Waals surface area contributed by atoms with Gasteiger partial charge in [0.15, 0.2) is 0 Å². The van der Waals surface area contributed by atoms with Crippen molar-refractivity contribution in [2.75, 3.05) is 13.1 Å². The number of carbonyl (C=O) groups is 2. The summed E-state index contributed by atoms with van der Waals surface area (Å²) in [4.78, 5) is 30.3. The molecular weight excluding hydrogens is 320 g/mol. The van der Waals surface area contributed by atoms with Gasteiger partial charge in [-0.25, -0.2) is 4.98 Å². The van der Waals surface area contributed by atoms with Crippen molar-refractivity contribution in [1.82, 2.24) is 9.88 Å². The fraction of sp³-hybridized carbons (Fsp3) is 0.400. The van der Waals surface area contributed by atoms with Gasteiger partial charge in [-0.05, 0) is 17.4 Å². The van der Waals surface area contributed by atoms with Gasteiger partial charge in [0.1, 0.15) is 10.7 Å². The summed E-state index contributed by atoms with van der Waals surface area (Å²) in [5.74, 6) is -0.832. The third-order valence-electron chi connectivity index (χ3n) is 2.92. The monoisotopic (exact) mass is 338 g/mol. The van der Waals surface area contributed by atoms with Gasteiger partial charge in [-0.2, -0.15) is 0 Å². The summed E-state index contributed by atoms with van der Waals surface area (Å²) in [6.45, 7) is 4.73. The highest BCUT2D eigenvalue weighted by atomic mass is 32.1. The molecule has 0 fully saturated rings. The minimum Gasteiger partial charge on any atom is -0.481 e. The summed E-state index contributed by atoms with van der Waals surface area (Å²) in [5.41, 5.74) is 0.388. The van der Waals surface area contributed by atoms with E-state index in [1.165, 1.54) is 11.3 Å². The number of carboxylic acid groups (broad SMARTS) is 1. The van der Waals surface area contributed by atoms with Crippen LogP contribution in [0.5, 0.6) is 0 Å². The van der Waals surface area contributed by atoms with Gasteiger partial charge in [0.05, 0.1) is 11.3 Å². The van der Waals surface area contributed by atoms with E-state index in [1.807, 2.05) is 31.4 Å². The van der Waals surface area contributed by atoms with Crippen molar-refractivity contribution in [3.63, 3.8) is 0 Å². The molecule has 1 N–H and O–H groups in total. The number of amides is 1. The predicted octanol–water partition coefficient (Wildman–Crippen LogP) is 3.44. The summed E-state index contributed by atoms with van der Waals surface area (Å²) in [5, 5.41) is 13.4. The lowest BCUT2D eigenvalue weighted by molar-refractivity contribution is -0.137. The van der Waals surface area contributed by atoms with Gasteiger partial charge in [-0.1, -0.05) is 19.9 Å². The molecule has 2 heterocycles. The van der Waals surface area contributed by atoms with E-state index in [4.69, 9.17) is 5.11 Å². The molecule has 0 aromatic carbocycles. The average Bonchev–Trinajstić information content (AvgIpc) is 3.11. The molecule has 2 aromatic heterocycles. The van der Waals surface area contributed by atoms with Crippen LogP contribution in [0.2, 0.25) is 0 Å². The van der Waals surface area contributed by atoms with Crippen LogP contribution >= 0.6 is 22.7 Å². The standard InChI is InChI=1S/C15H18N2O3S2/c1-10(2)8-17(6-5-13(18)19)15(20)11-9-22-14(16-11)12-4-3-7-21-12/h3-4,7,9-10H,5-6,8H2,1-2H3,(H,18,19). The van der Waals surface area contributed by atoms with Gasteiger partial charge in [-0.3, -0.25) is 9.59 Å². The van der Waals surface area contributed by atoms with Crippen LogP contribution in [0.25, 0.3) is 9.88 Å². The topological polar surface area (TPSA) is 70.5 Å². The van der Waals surface area contributed by atoms with Crippen LogP contribution in [0.4, 0.5) is 0 Å². The molecule has 2 aromatic rings. The zero-order valence-electron chi connectivity index (χ0n) is 12.5. The Kier molecular flexibility index (Phi) is 5.68. The highest BCUT2D eigenvalue weighted by Crippen LogP contribution is 2.28. The second-order valence-corrected chi connectivity index (χ2v) is 7.11. The van der Waals surface area contributed by atoms with Crippen molar-refractivity contribution < 1.29 is 14.7 Å². The highest BCUT2D eigenvalue weighted by Gasteiger charge is 2.21. The molecule has 0 atom stereocenters. The molecule has 0 saturated heterocycles. The number of thiazole rings is 1. The minimum atomic E-state index is -0.904. The molecule has 2 rings (SSSR count). The molecule has 0 unspecified atom stereocenters. The first-order chi connectivity index (χ1) is 10.5. The first kappa shape index (κ1) is 16.6. The van der Waals surface area contributed by atoms with E-state index >= 15 is 0 Å². The quantitative estimate of drug-likeness (QED) is 0.839. The Morgan fingerprint density at radius 3 is 2.73 bits per heavy atom. The Morgan fingerprint density at radius 2 is 2.14 bits per heavy atom. The normalized spacial score (nSPS) is 10.9. The lowest BCUT2D eigenvalue weighted by Gasteiger charge is -2.23. The molecular formula is C15H18N2O3S2. The number of hydrogen-bond acceptors (Lipinski definition) is 5. The van der Waals surface area contributed by atoms with E-state index in [0.717, 1.165) is 9.88 Å². The maximum Gasteiger partial charge on any atom is 0.305 e. The predicted molar refractivity (Wildman–Crippen MR) is 88.4 cm³/mol. The minimum absolute atomic E-state index is 0.0552. The number of hydrogen-bond donors (Lipinski definition) is 1. The zero-order valence-corrected chi connectivity index (χ0v) is 14.1. The van der Waals surface area contributed by atoms with Crippen molar-refractivity contribution in [1.29, 1.82) is 0 Å². The van der Waals surface area contributed by atoms with E-state index in [2.05, 4.69) is 4.98 Å². The lowest BCUT2D eigenvalue weighted by atomic mass is 10.2.